The molecular formula is C15H20N4O6S. The van der Waals surface area contributed by atoms with E-state index < -0.39 is 40.8 Å². The number of carboxylic acid groups (broad SMARTS) is 1. The number of hydrogen-bond acceptors (Lipinski definition) is 7. The van der Waals surface area contributed by atoms with Crippen molar-refractivity contribution in [2.75, 3.05) is 0 Å². The first-order chi connectivity index (χ1) is 12.1. The molecular weight excluding hydrogens is 364 g/mol. The number of rotatable bonds is 9. The first-order valence-electron chi connectivity index (χ1n) is 7.62. The summed E-state index contributed by atoms with van der Waals surface area (Å²) in [5.74, 6) is -2.33. The molecule has 142 valence electrons. The molecule has 0 spiro atoms. The molecule has 0 fully saturated rings. The van der Waals surface area contributed by atoms with Crippen LogP contribution >= 0.6 is 11.9 Å². The molecule has 11 heteroatoms. The molecule has 10 nitrogen and oxygen atoms in total. The van der Waals surface area contributed by atoms with E-state index in [9.17, 15) is 24.5 Å². The second kappa shape index (κ2) is 9.73. The van der Waals surface area contributed by atoms with Gasteiger partial charge in [-0.15, -0.1) is 0 Å². The Balaban J connectivity index is 2.56. The van der Waals surface area contributed by atoms with Crippen molar-refractivity contribution < 1.29 is 24.4 Å². The van der Waals surface area contributed by atoms with Crippen LogP contribution in [0.4, 0.5) is 5.69 Å². The smallest absolute Gasteiger partial charge is 0.325 e. The van der Waals surface area contributed by atoms with E-state index in [1.807, 2.05) is 0 Å². The Kier molecular flexibility index (Phi) is 8.00. The van der Waals surface area contributed by atoms with Gasteiger partial charge in [0.25, 0.3) is 5.69 Å². The average Bonchev–Trinajstić information content (AvgIpc) is 2.59. The minimum absolute atomic E-state index is 0.0898. The van der Waals surface area contributed by atoms with Crippen LogP contribution in [-0.4, -0.2) is 45.9 Å². The zero-order valence-corrected chi connectivity index (χ0v) is 15.2. The number of nitro benzene ring substituents is 1. The number of carbonyl (C=O) groups excluding carboxylic acids is 2. The highest BCUT2D eigenvalue weighted by Gasteiger charge is 2.23. The number of para-hydroxylation sites is 1. The predicted molar refractivity (Wildman–Crippen MR) is 94.4 cm³/mol. The summed E-state index contributed by atoms with van der Waals surface area (Å²) in [6.45, 7) is 4.26. The van der Waals surface area contributed by atoms with Crippen molar-refractivity contribution in [3.8, 4) is 0 Å². The third kappa shape index (κ3) is 6.33. The van der Waals surface area contributed by atoms with Crippen molar-refractivity contribution in [2.45, 2.75) is 43.8 Å². The zero-order chi connectivity index (χ0) is 19.9. The molecule has 26 heavy (non-hydrogen) atoms. The van der Waals surface area contributed by atoms with Crippen LogP contribution in [0.5, 0.6) is 0 Å². The molecule has 0 aliphatic heterocycles. The molecule has 2 amide bonds. The van der Waals surface area contributed by atoms with Crippen LogP contribution < -0.4 is 15.4 Å². The number of amides is 2. The molecule has 0 saturated carbocycles. The van der Waals surface area contributed by atoms with Gasteiger partial charge >= 0.3 is 5.97 Å². The lowest BCUT2D eigenvalue weighted by Gasteiger charge is -2.19. The molecule has 0 aromatic heterocycles. The lowest BCUT2D eigenvalue weighted by atomic mass is 10.2. The Bertz CT molecular complexity index is 698. The normalized spacial score (nSPS) is 14.0. The minimum atomic E-state index is -1.19. The maximum absolute atomic E-state index is 12.1. The maximum atomic E-state index is 12.1. The van der Waals surface area contributed by atoms with Crippen molar-refractivity contribution in [2.24, 2.45) is 0 Å². The summed E-state index contributed by atoms with van der Waals surface area (Å²) in [6.07, 6.45) is 0. The molecule has 0 saturated heterocycles. The minimum Gasteiger partial charge on any atom is -0.480 e. The molecule has 1 aromatic rings. The lowest BCUT2D eigenvalue weighted by Crippen LogP contribution is -2.52. The van der Waals surface area contributed by atoms with Crippen molar-refractivity contribution in [1.82, 2.24) is 15.4 Å². The van der Waals surface area contributed by atoms with Crippen LogP contribution in [0.25, 0.3) is 0 Å². The Morgan fingerprint density at radius 3 is 2.15 bits per heavy atom. The van der Waals surface area contributed by atoms with Crippen LogP contribution in [0.1, 0.15) is 20.8 Å². The molecule has 0 aliphatic rings. The number of hydrogen-bond donors (Lipinski definition) is 4. The quantitative estimate of drug-likeness (QED) is 0.276. The monoisotopic (exact) mass is 384 g/mol. The maximum Gasteiger partial charge on any atom is 0.325 e. The second-order valence-corrected chi connectivity index (χ2v) is 6.34. The van der Waals surface area contributed by atoms with Gasteiger partial charge in [-0.2, -0.15) is 0 Å². The van der Waals surface area contributed by atoms with Crippen LogP contribution in [0.3, 0.4) is 0 Å². The number of benzene rings is 1. The highest BCUT2D eigenvalue weighted by Crippen LogP contribution is 2.26. The van der Waals surface area contributed by atoms with Crippen LogP contribution in [0.2, 0.25) is 0 Å². The second-order valence-electron chi connectivity index (χ2n) is 5.47. The number of nitrogens with zero attached hydrogens (tertiary/aromatic N) is 1. The van der Waals surface area contributed by atoms with Gasteiger partial charge in [-0.1, -0.05) is 12.1 Å². The van der Waals surface area contributed by atoms with Gasteiger partial charge in [0, 0.05) is 6.07 Å². The van der Waals surface area contributed by atoms with Gasteiger partial charge in [-0.05, 0) is 38.8 Å². The first kappa shape index (κ1) is 21.4. The molecule has 1 rings (SSSR count). The van der Waals surface area contributed by atoms with E-state index in [0.29, 0.717) is 4.90 Å². The van der Waals surface area contributed by atoms with Crippen LogP contribution in [0.15, 0.2) is 29.2 Å². The van der Waals surface area contributed by atoms with Gasteiger partial charge in [0.2, 0.25) is 11.8 Å². The fourth-order valence-corrected chi connectivity index (χ4v) is 2.51. The standard InChI is InChI=1S/C15H20N4O6S/c1-8(13(20)17-10(3)15(22)23)16-14(21)9(2)18-26-12-7-5-4-6-11(12)19(24)25/h4-10,18H,1-3H3,(H,16,21)(H,17,20)(H,22,23)/t8-,9-,10-/m0/s1. The van der Waals surface area contributed by atoms with E-state index >= 15 is 0 Å². The Hall–Kier alpha value is -2.66. The summed E-state index contributed by atoms with van der Waals surface area (Å²) in [6, 6.07) is 3.30. The number of carboxylic acids is 1. The zero-order valence-electron chi connectivity index (χ0n) is 14.4. The van der Waals surface area contributed by atoms with Gasteiger partial charge in [0.05, 0.1) is 11.0 Å². The molecule has 0 radical (unpaired) electrons. The summed E-state index contributed by atoms with van der Waals surface area (Å²) in [4.78, 5) is 45.4. The number of aliphatic carboxylic acids is 1. The fraction of sp³-hybridized carbons (Fsp3) is 0.400. The summed E-state index contributed by atoms with van der Waals surface area (Å²) in [7, 11) is 0. The van der Waals surface area contributed by atoms with Crippen molar-refractivity contribution >= 4 is 35.4 Å². The molecule has 3 atom stereocenters. The van der Waals surface area contributed by atoms with E-state index in [0.717, 1.165) is 11.9 Å². The van der Waals surface area contributed by atoms with Gasteiger partial charge in [0.1, 0.15) is 17.0 Å². The van der Waals surface area contributed by atoms with Gasteiger partial charge in [-0.3, -0.25) is 24.5 Å². The molecule has 0 heterocycles. The third-order valence-electron chi connectivity index (χ3n) is 3.28. The molecule has 0 unspecified atom stereocenters. The Labute approximate surface area is 154 Å². The van der Waals surface area contributed by atoms with E-state index in [2.05, 4.69) is 15.4 Å². The summed E-state index contributed by atoms with van der Waals surface area (Å²) < 4.78 is 2.77. The van der Waals surface area contributed by atoms with E-state index in [4.69, 9.17) is 5.11 Å². The van der Waals surface area contributed by atoms with E-state index in [-0.39, 0.29) is 5.69 Å². The SMILES string of the molecule is C[C@H](NC(=O)[C@H](C)NC(=O)[C@H](C)NSc1ccccc1[N+](=O)[O-])C(=O)O. The summed E-state index contributed by atoms with van der Waals surface area (Å²) in [5, 5.41) is 24.4. The largest absolute Gasteiger partial charge is 0.480 e. The molecule has 4 N–H and O–H groups in total. The molecule has 0 bridgehead atoms. The summed E-state index contributed by atoms with van der Waals surface area (Å²) >= 11 is 0.931. The topological polar surface area (TPSA) is 151 Å². The number of carbonyl (C=O) groups is 3. The van der Waals surface area contributed by atoms with Crippen molar-refractivity contribution in [3.63, 3.8) is 0 Å². The van der Waals surface area contributed by atoms with Gasteiger partial charge in [0.15, 0.2) is 0 Å². The van der Waals surface area contributed by atoms with Crippen LogP contribution in [-0.2, 0) is 14.4 Å². The predicted octanol–water partition coefficient (Wildman–Crippen LogP) is 0.674. The van der Waals surface area contributed by atoms with E-state index in [1.165, 1.54) is 32.9 Å². The fourth-order valence-electron chi connectivity index (χ4n) is 1.70. The van der Waals surface area contributed by atoms with E-state index in [1.54, 1.807) is 12.1 Å². The summed E-state index contributed by atoms with van der Waals surface area (Å²) in [5.41, 5.74) is -0.0898. The lowest BCUT2D eigenvalue weighted by molar-refractivity contribution is -0.387. The van der Waals surface area contributed by atoms with Crippen LogP contribution in [0, 0.1) is 10.1 Å². The third-order valence-corrected chi connectivity index (χ3v) is 4.32. The average molecular weight is 384 g/mol. The first-order valence-corrected chi connectivity index (χ1v) is 8.44. The molecule has 0 aliphatic carbocycles. The Morgan fingerprint density at radius 2 is 1.58 bits per heavy atom. The van der Waals surface area contributed by atoms with Gasteiger partial charge < -0.3 is 15.7 Å². The number of nitrogens with one attached hydrogen (secondary N) is 3. The Morgan fingerprint density at radius 1 is 1.04 bits per heavy atom. The van der Waals surface area contributed by atoms with Crippen molar-refractivity contribution in [1.29, 1.82) is 0 Å². The highest BCUT2D eigenvalue weighted by atomic mass is 32.2. The van der Waals surface area contributed by atoms with Gasteiger partial charge in [-0.25, -0.2) is 4.72 Å². The van der Waals surface area contributed by atoms with Crippen molar-refractivity contribution in [3.05, 3.63) is 34.4 Å². The number of nitro groups is 1. The highest BCUT2D eigenvalue weighted by molar-refractivity contribution is 7.97. The molecule has 1 aromatic carbocycles.